The summed E-state index contributed by atoms with van der Waals surface area (Å²) in [5, 5.41) is 8.29. The predicted octanol–water partition coefficient (Wildman–Crippen LogP) is 6.10. The first-order chi connectivity index (χ1) is 17.0. The lowest BCUT2D eigenvalue weighted by molar-refractivity contribution is -0.131. The molecular weight excluding hydrogens is 438 g/mol. The molecule has 0 aliphatic carbocycles. The number of nitrogens with two attached hydrogens (primary N) is 1. The van der Waals surface area contributed by atoms with Crippen LogP contribution in [0.4, 0.5) is 0 Å². The highest BCUT2D eigenvalue weighted by Gasteiger charge is 2.04. The van der Waals surface area contributed by atoms with E-state index in [1.54, 1.807) is 13.2 Å². The van der Waals surface area contributed by atoms with Crippen molar-refractivity contribution in [3.05, 3.63) is 107 Å². The molecule has 186 valence electrons. The molecule has 0 radical (unpaired) electrons. The van der Waals surface area contributed by atoms with Gasteiger partial charge >= 0.3 is 5.97 Å². The van der Waals surface area contributed by atoms with Crippen LogP contribution in [0.15, 0.2) is 84.9 Å². The van der Waals surface area contributed by atoms with Gasteiger partial charge in [0.25, 0.3) is 0 Å². The van der Waals surface area contributed by atoms with E-state index in [9.17, 15) is 4.79 Å². The van der Waals surface area contributed by atoms with Crippen LogP contribution in [-0.4, -0.2) is 24.6 Å². The maximum absolute atomic E-state index is 10.1. The Hall–Kier alpha value is -3.86. The van der Waals surface area contributed by atoms with Crippen LogP contribution in [0, 0.1) is 0 Å². The molecule has 3 aromatic carbocycles. The predicted molar refractivity (Wildman–Crippen MR) is 143 cm³/mol. The van der Waals surface area contributed by atoms with Crippen LogP contribution < -0.4 is 10.5 Å². The molecule has 0 unspecified atom stereocenters. The quantitative estimate of drug-likeness (QED) is 0.211. The van der Waals surface area contributed by atoms with Gasteiger partial charge in [0, 0.05) is 6.08 Å². The van der Waals surface area contributed by atoms with E-state index in [0.717, 1.165) is 36.7 Å². The number of ether oxygens (including phenoxy) is 1. The average Bonchev–Trinajstić information content (AvgIpc) is 2.88. The molecule has 0 aliphatic heterocycles. The Kier molecular flexibility index (Phi) is 15.5. The number of aryl methyl sites for hydroxylation is 3. The molecule has 0 saturated heterocycles. The van der Waals surface area contributed by atoms with Crippen LogP contribution in [0.1, 0.15) is 48.4 Å². The second-order valence-electron chi connectivity index (χ2n) is 7.81. The number of rotatable bonds is 10. The maximum Gasteiger partial charge on any atom is 0.328 e. The molecule has 3 N–H and O–H groups in total. The Balaban J connectivity index is 0.000000366. The summed E-state index contributed by atoms with van der Waals surface area (Å²) in [5.41, 5.74) is 9.22. The number of aliphatic carboxylic acids is 1. The highest BCUT2D eigenvalue weighted by molar-refractivity contribution is 5.85. The number of methoxy groups -OCH3 is 1. The SMILES string of the molecule is CCCc1ccc(CCCCc2ccccc2)cc1OC.NC=O.O=C(O)/C=C/c1ccccc1. The van der Waals surface area contributed by atoms with Crippen molar-refractivity contribution in [1.82, 2.24) is 0 Å². The summed E-state index contributed by atoms with van der Waals surface area (Å²) in [7, 11) is 1.77. The van der Waals surface area contributed by atoms with Crippen molar-refractivity contribution in [3.8, 4) is 5.75 Å². The number of carbonyl (C=O) groups is 2. The Morgan fingerprint density at radius 1 is 0.886 bits per heavy atom. The van der Waals surface area contributed by atoms with Gasteiger partial charge in [0.1, 0.15) is 5.75 Å². The summed E-state index contributed by atoms with van der Waals surface area (Å²) in [5.74, 6) is 0.131. The van der Waals surface area contributed by atoms with Crippen molar-refractivity contribution in [1.29, 1.82) is 0 Å². The molecular formula is C30H37NO4. The molecule has 0 bridgehead atoms. The zero-order chi connectivity index (χ0) is 25.7. The van der Waals surface area contributed by atoms with Crippen molar-refractivity contribution >= 4 is 18.5 Å². The summed E-state index contributed by atoms with van der Waals surface area (Å²) < 4.78 is 5.51. The molecule has 35 heavy (non-hydrogen) atoms. The van der Waals surface area contributed by atoms with Gasteiger partial charge in [0.2, 0.25) is 6.41 Å². The summed E-state index contributed by atoms with van der Waals surface area (Å²) in [6.07, 6.45) is 9.96. The Morgan fingerprint density at radius 3 is 2.00 bits per heavy atom. The molecule has 3 rings (SSSR count). The first-order valence-electron chi connectivity index (χ1n) is 11.8. The number of benzene rings is 3. The normalized spacial score (nSPS) is 9.89. The summed E-state index contributed by atoms with van der Waals surface area (Å²) in [4.78, 5) is 18.7. The fraction of sp³-hybridized carbons (Fsp3) is 0.267. The lowest BCUT2D eigenvalue weighted by Crippen LogP contribution is -1.95. The van der Waals surface area contributed by atoms with Crippen LogP contribution in [0.3, 0.4) is 0 Å². The smallest absolute Gasteiger partial charge is 0.328 e. The first-order valence-corrected chi connectivity index (χ1v) is 11.8. The lowest BCUT2D eigenvalue weighted by Gasteiger charge is -2.10. The van der Waals surface area contributed by atoms with E-state index >= 15 is 0 Å². The largest absolute Gasteiger partial charge is 0.496 e. The van der Waals surface area contributed by atoms with E-state index in [1.165, 1.54) is 36.0 Å². The van der Waals surface area contributed by atoms with Crippen molar-refractivity contribution in [2.45, 2.75) is 45.4 Å². The molecule has 0 saturated carbocycles. The summed E-state index contributed by atoms with van der Waals surface area (Å²) in [6, 6.07) is 26.7. The van der Waals surface area contributed by atoms with E-state index < -0.39 is 5.97 Å². The Labute approximate surface area is 209 Å². The van der Waals surface area contributed by atoms with E-state index in [4.69, 9.17) is 14.6 Å². The highest BCUT2D eigenvalue weighted by Crippen LogP contribution is 2.22. The molecule has 0 fully saturated rings. The van der Waals surface area contributed by atoms with Crippen molar-refractivity contribution < 1.29 is 19.4 Å². The number of hydrogen-bond acceptors (Lipinski definition) is 3. The molecule has 5 nitrogen and oxygen atoms in total. The van der Waals surface area contributed by atoms with Gasteiger partial charge in [-0.3, -0.25) is 4.79 Å². The van der Waals surface area contributed by atoms with Gasteiger partial charge in [-0.1, -0.05) is 86.1 Å². The minimum absolute atomic E-state index is 0.250. The van der Waals surface area contributed by atoms with Crippen LogP contribution in [0.25, 0.3) is 6.08 Å². The van der Waals surface area contributed by atoms with E-state index in [2.05, 4.69) is 61.2 Å². The zero-order valence-electron chi connectivity index (χ0n) is 20.7. The number of primary amides is 1. The lowest BCUT2D eigenvalue weighted by atomic mass is 10.0. The minimum Gasteiger partial charge on any atom is -0.496 e. The first kappa shape index (κ1) is 29.2. The van der Waals surface area contributed by atoms with Crippen molar-refractivity contribution in [3.63, 3.8) is 0 Å². The van der Waals surface area contributed by atoms with Crippen LogP contribution in [-0.2, 0) is 28.9 Å². The highest BCUT2D eigenvalue weighted by atomic mass is 16.5. The third kappa shape index (κ3) is 13.4. The summed E-state index contributed by atoms with van der Waals surface area (Å²) >= 11 is 0. The van der Waals surface area contributed by atoms with Gasteiger partial charge in [-0.05, 0) is 66.5 Å². The monoisotopic (exact) mass is 475 g/mol. The molecule has 0 heterocycles. The van der Waals surface area contributed by atoms with Gasteiger partial charge < -0.3 is 15.6 Å². The van der Waals surface area contributed by atoms with Gasteiger partial charge in [0.15, 0.2) is 0 Å². The van der Waals surface area contributed by atoms with Gasteiger partial charge in [-0.15, -0.1) is 0 Å². The van der Waals surface area contributed by atoms with Crippen LogP contribution in [0.5, 0.6) is 5.75 Å². The molecule has 1 amide bonds. The summed E-state index contributed by atoms with van der Waals surface area (Å²) in [6.45, 7) is 2.21. The standard InChI is InChI=1S/C20H26O.C9H8O2.CH3NO/c1-3-9-19-15-14-18(16-20(19)21-2)13-8-7-12-17-10-5-4-6-11-17;10-9(11)7-6-8-4-2-1-3-5-8;2-1-3/h4-6,10-11,14-16H,3,7-9,12-13H2,1-2H3;1-7H,(H,10,11);1H,(H2,2,3)/b;7-6+;. The molecule has 3 aromatic rings. The number of carbonyl (C=O) groups excluding carboxylic acids is 1. The van der Waals surface area contributed by atoms with Crippen molar-refractivity contribution in [2.24, 2.45) is 5.73 Å². The molecule has 5 heteroatoms. The Morgan fingerprint density at radius 2 is 1.46 bits per heavy atom. The fourth-order valence-electron chi connectivity index (χ4n) is 3.45. The molecule has 0 spiro atoms. The van der Waals surface area contributed by atoms with Gasteiger partial charge in [-0.2, -0.15) is 0 Å². The topological polar surface area (TPSA) is 89.6 Å². The number of unbranched alkanes of at least 4 members (excludes halogenated alkanes) is 1. The number of carboxylic acids is 1. The van der Waals surface area contributed by atoms with E-state index in [-0.39, 0.29) is 6.41 Å². The number of hydrogen-bond donors (Lipinski definition) is 2. The van der Waals surface area contributed by atoms with Crippen LogP contribution >= 0.6 is 0 Å². The Bertz CT molecular complexity index is 1000. The second-order valence-corrected chi connectivity index (χ2v) is 7.81. The number of amides is 1. The maximum atomic E-state index is 10.1. The second kappa shape index (κ2) is 18.6. The molecule has 0 aliphatic rings. The van der Waals surface area contributed by atoms with E-state index in [0.29, 0.717) is 0 Å². The average molecular weight is 476 g/mol. The fourth-order valence-corrected chi connectivity index (χ4v) is 3.45. The number of carboxylic acid groups (broad SMARTS) is 1. The third-order valence-corrected chi connectivity index (χ3v) is 5.11. The van der Waals surface area contributed by atoms with E-state index in [1.807, 2.05) is 30.3 Å². The third-order valence-electron chi connectivity index (χ3n) is 5.11. The van der Waals surface area contributed by atoms with Crippen LogP contribution in [0.2, 0.25) is 0 Å². The minimum atomic E-state index is -0.922. The zero-order valence-corrected chi connectivity index (χ0v) is 20.7. The van der Waals surface area contributed by atoms with Crippen molar-refractivity contribution in [2.75, 3.05) is 7.11 Å². The van der Waals surface area contributed by atoms with Gasteiger partial charge in [0.05, 0.1) is 7.11 Å². The van der Waals surface area contributed by atoms with Gasteiger partial charge in [-0.25, -0.2) is 4.79 Å². The molecule has 0 aromatic heterocycles. The molecule has 0 atom stereocenters.